The average molecular weight is 404 g/mol. The topological polar surface area (TPSA) is 66.9 Å². The molecule has 0 aliphatic heterocycles. The van der Waals surface area contributed by atoms with Crippen LogP contribution in [-0.4, -0.2) is 59.7 Å². The smallest absolute Gasteiger partial charge is 0.297 e. The maximum Gasteiger partial charge on any atom is 0.297 e. The minimum atomic E-state index is -0.701. The Morgan fingerprint density at radius 2 is 1.33 bits per heavy atom. The number of rotatable bonds is 8. The molecule has 0 saturated heterocycles. The van der Waals surface area contributed by atoms with Gasteiger partial charge in [0, 0.05) is 38.8 Å². The quantitative estimate of drug-likeness (QED) is 0.382. The molecule has 7 heteroatoms. The SMILES string of the molecule is [B]CC(=O)OCCN(C)c1ccc(C2C(=O)C(c3ccc(N(C)C)cc3)C2=O)cc1. The molecule has 0 bridgehead atoms. The van der Waals surface area contributed by atoms with Crippen molar-refractivity contribution >= 4 is 36.8 Å². The molecule has 2 aromatic carbocycles. The van der Waals surface area contributed by atoms with Gasteiger partial charge in [-0.25, -0.2) is 0 Å². The van der Waals surface area contributed by atoms with E-state index in [0.717, 1.165) is 16.9 Å². The molecule has 30 heavy (non-hydrogen) atoms. The lowest BCUT2D eigenvalue weighted by atomic mass is 9.66. The molecule has 3 rings (SSSR count). The summed E-state index contributed by atoms with van der Waals surface area (Å²) in [6.07, 6.45) is -0.136. The number of anilines is 2. The van der Waals surface area contributed by atoms with Gasteiger partial charge in [-0.2, -0.15) is 0 Å². The van der Waals surface area contributed by atoms with E-state index < -0.39 is 17.8 Å². The minimum absolute atomic E-state index is 0.0626. The van der Waals surface area contributed by atoms with E-state index in [1.165, 1.54) is 0 Å². The minimum Gasteiger partial charge on any atom is -0.464 e. The summed E-state index contributed by atoms with van der Waals surface area (Å²) in [4.78, 5) is 40.5. The first-order chi connectivity index (χ1) is 14.3. The van der Waals surface area contributed by atoms with Crippen molar-refractivity contribution in [2.75, 3.05) is 44.1 Å². The van der Waals surface area contributed by atoms with E-state index in [0.29, 0.717) is 12.1 Å². The molecule has 0 spiro atoms. The Hall–Kier alpha value is -3.09. The Morgan fingerprint density at radius 3 is 1.77 bits per heavy atom. The van der Waals surface area contributed by atoms with E-state index >= 15 is 0 Å². The van der Waals surface area contributed by atoms with Gasteiger partial charge in [-0.1, -0.05) is 24.3 Å². The summed E-state index contributed by atoms with van der Waals surface area (Å²) < 4.78 is 4.98. The second-order valence-corrected chi connectivity index (χ2v) is 7.59. The predicted octanol–water partition coefficient (Wildman–Crippen LogP) is 2.34. The lowest BCUT2D eigenvalue weighted by Gasteiger charge is -2.33. The van der Waals surface area contributed by atoms with Gasteiger partial charge < -0.3 is 14.5 Å². The van der Waals surface area contributed by atoms with Gasteiger partial charge in [0.15, 0.2) is 11.6 Å². The van der Waals surface area contributed by atoms with E-state index in [2.05, 4.69) is 0 Å². The fourth-order valence-electron chi connectivity index (χ4n) is 3.55. The zero-order valence-corrected chi connectivity index (χ0v) is 17.5. The third-order valence-electron chi connectivity index (χ3n) is 5.40. The number of benzene rings is 2. The number of carbonyl (C=O) groups is 3. The van der Waals surface area contributed by atoms with Gasteiger partial charge in [0.1, 0.15) is 18.4 Å². The molecule has 0 aromatic heterocycles. The van der Waals surface area contributed by atoms with Crippen LogP contribution < -0.4 is 9.80 Å². The van der Waals surface area contributed by atoms with E-state index in [1.807, 2.05) is 79.5 Å². The predicted molar refractivity (Wildman–Crippen MR) is 117 cm³/mol. The molecule has 6 nitrogen and oxygen atoms in total. The Morgan fingerprint density at radius 1 is 0.867 bits per heavy atom. The highest BCUT2D eigenvalue weighted by Crippen LogP contribution is 2.41. The molecule has 0 atom stereocenters. The molecule has 1 fully saturated rings. The van der Waals surface area contributed by atoms with E-state index in [-0.39, 0.29) is 24.5 Å². The van der Waals surface area contributed by atoms with Crippen LogP contribution in [0.15, 0.2) is 48.5 Å². The van der Waals surface area contributed by atoms with Gasteiger partial charge in [0.2, 0.25) is 0 Å². The Kier molecular flexibility index (Phi) is 6.60. The maximum absolute atomic E-state index is 12.7. The molecular weight excluding hydrogens is 379 g/mol. The lowest BCUT2D eigenvalue weighted by molar-refractivity contribution is -0.143. The number of Topliss-reactive ketones (excluding diaryl/α,β-unsaturated/α-hetero) is 2. The highest BCUT2D eigenvalue weighted by molar-refractivity contribution is 6.31. The molecule has 0 unspecified atom stereocenters. The molecule has 0 heterocycles. The second-order valence-electron chi connectivity index (χ2n) is 7.59. The number of hydrogen-bond donors (Lipinski definition) is 0. The van der Waals surface area contributed by atoms with Crippen molar-refractivity contribution in [1.82, 2.24) is 0 Å². The summed E-state index contributed by atoms with van der Waals surface area (Å²) in [6, 6.07) is 14.9. The molecular formula is C23H25BN2O4. The van der Waals surface area contributed by atoms with Crippen molar-refractivity contribution < 1.29 is 19.1 Å². The van der Waals surface area contributed by atoms with Gasteiger partial charge in [-0.3, -0.25) is 14.4 Å². The van der Waals surface area contributed by atoms with Crippen LogP contribution in [0.25, 0.3) is 0 Å². The van der Waals surface area contributed by atoms with Crippen molar-refractivity contribution in [1.29, 1.82) is 0 Å². The number of hydrogen-bond acceptors (Lipinski definition) is 6. The van der Waals surface area contributed by atoms with Crippen molar-refractivity contribution in [2.24, 2.45) is 0 Å². The van der Waals surface area contributed by atoms with Crippen LogP contribution >= 0.6 is 0 Å². The maximum atomic E-state index is 12.7. The Bertz CT molecular complexity index is 909. The standard InChI is InChI=1S/C23H25BN2O4/c1-25(2)17-8-4-15(5-9-17)20-22(28)21(23(20)29)16-6-10-18(11-7-16)26(3)12-13-30-19(27)14-24/h4-11,20-21H,12-14H2,1-3H3. The molecule has 2 aromatic rings. The van der Waals surface area contributed by atoms with Crippen molar-refractivity contribution in [3.05, 3.63) is 59.7 Å². The third kappa shape index (κ3) is 4.40. The average Bonchev–Trinajstić information content (AvgIpc) is 2.74. The molecule has 1 aliphatic carbocycles. The number of carbonyl (C=O) groups excluding carboxylic acids is 3. The fourth-order valence-corrected chi connectivity index (χ4v) is 3.55. The monoisotopic (exact) mass is 404 g/mol. The summed E-state index contributed by atoms with van der Waals surface area (Å²) in [6.45, 7) is 0.750. The van der Waals surface area contributed by atoms with Gasteiger partial charge in [0.05, 0.1) is 14.4 Å². The molecule has 0 N–H and O–H groups in total. The van der Waals surface area contributed by atoms with Gasteiger partial charge in [-0.15, -0.1) is 0 Å². The van der Waals surface area contributed by atoms with Gasteiger partial charge >= 0.3 is 0 Å². The van der Waals surface area contributed by atoms with E-state index in [9.17, 15) is 14.4 Å². The Balaban J connectivity index is 1.62. The van der Waals surface area contributed by atoms with E-state index in [4.69, 9.17) is 12.6 Å². The van der Waals surface area contributed by atoms with Crippen LogP contribution in [0.2, 0.25) is 6.32 Å². The van der Waals surface area contributed by atoms with Crippen LogP contribution in [0.5, 0.6) is 0 Å². The second kappa shape index (κ2) is 9.16. The first-order valence-electron chi connectivity index (χ1n) is 9.85. The van der Waals surface area contributed by atoms with Crippen LogP contribution in [0.1, 0.15) is 23.0 Å². The number of nitrogens with zero attached hydrogens (tertiary/aromatic N) is 2. The van der Waals surface area contributed by atoms with Crippen molar-refractivity contribution in [3.8, 4) is 0 Å². The van der Waals surface area contributed by atoms with Crippen LogP contribution in [0.3, 0.4) is 0 Å². The van der Waals surface area contributed by atoms with Crippen molar-refractivity contribution in [2.45, 2.75) is 18.2 Å². The van der Waals surface area contributed by atoms with Gasteiger partial charge in [0.25, 0.3) is 5.97 Å². The number of likely N-dealkylation sites (N-methyl/N-ethyl adjacent to an activating group) is 1. The van der Waals surface area contributed by atoms with Crippen LogP contribution in [0, 0.1) is 0 Å². The normalized spacial score (nSPS) is 18.0. The highest BCUT2D eigenvalue weighted by atomic mass is 16.5. The highest BCUT2D eigenvalue weighted by Gasteiger charge is 2.50. The lowest BCUT2D eigenvalue weighted by Crippen LogP contribution is -2.44. The van der Waals surface area contributed by atoms with Gasteiger partial charge in [-0.05, 0) is 35.4 Å². The zero-order chi connectivity index (χ0) is 21.8. The zero-order valence-electron chi connectivity index (χ0n) is 17.5. The first kappa shape index (κ1) is 21.6. The summed E-state index contributed by atoms with van der Waals surface area (Å²) in [5.74, 6) is -1.94. The Labute approximate surface area is 178 Å². The first-order valence-corrected chi connectivity index (χ1v) is 9.85. The molecule has 1 aliphatic rings. The molecule has 1 saturated carbocycles. The summed E-state index contributed by atoms with van der Waals surface area (Å²) >= 11 is 0. The number of ether oxygens (including phenoxy) is 1. The van der Waals surface area contributed by atoms with Crippen LogP contribution in [-0.2, 0) is 19.1 Å². The fraction of sp³-hybridized carbons (Fsp3) is 0.348. The molecule has 2 radical (unpaired) electrons. The summed E-state index contributed by atoms with van der Waals surface area (Å²) in [5.41, 5.74) is 3.37. The molecule has 0 amide bonds. The molecule has 154 valence electrons. The summed E-state index contributed by atoms with van der Waals surface area (Å²) in [5, 5.41) is 0. The summed E-state index contributed by atoms with van der Waals surface area (Å²) in [7, 11) is 11.0. The number of ketones is 2. The number of esters is 1. The van der Waals surface area contributed by atoms with E-state index in [1.54, 1.807) is 0 Å². The van der Waals surface area contributed by atoms with Crippen molar-refractivity contribution in [3.63, 3.8) is 0 Å². The largest absolute Gasteiger partial charge is 0.464 e. The third-order valence-corrected chi connectivity index (χ3v) is 5.40. The van der Waals surface area contributed by atoms with Crippen LogP contribution in [0.4, 0.5) is 11.4 Å².